The number of carbonyl (C=O) groups excluding carboxylic acids is 1. The third-order valence-electron chi connectivity index (χ3n) is 3.29. The van der Waals surface area contributed by atoms with Gasteiger partial charge in [-0.3, -0.25) is 4.79 Å². The number of hydrogen-bond donors (Lipinski definition) is 2. The van der Waals surface area contributed by atoms with E-state index in [2.05, 4.69) is 5.32 Å². The number of ether oxygens (including phenoxy) is 1. The van der Waals surface area contributed by atoms with Crippen molar-refractivity contribution in [3.05, 3.63) is 65.2 Å². The van der Waals surface area contributed by atoms with E-state index in [1.54, 1.807) is 38.3 Å². The van der Waals surface area contributed by atoms with Gasteiger partial charge in [-0.05, 0) is 48.4 Å². The van der Waals surface area contributed by atoms with Gasteiger partial charge in [0.15, 0.2) is 0 Å². The lowest BCUT2D eigenvalue weighted by Gasteiger charge is -2.07. The van der Waals surface area contributed by atoms with Crippen molar-refractivity contribution in [1.29, 1.82) is 0 Å². The normalized spacial score (nSPS) is 10.5. The summed E-state index contributed by atoms with van der Waals surface area (Å²) in [6.45, 7) is 1.80. The molecule has 0 bridgehead atoms. The van der Waals surface area contributed by atoms with Gasteiger partial charge in [-0.15, -0.1) is 0 Å². The average Bonchev–Trinajstić information content (AvgIpc) is 2.55. The minimum Gasteiger partial charge on any atom is -0.497 e. The van der Waals surface area contributed by atoms with Crippen molar-refractivity contribution in [2.75, 3.05) is 12.4 Å². The van der Waals surface area contributed by atoms with E-state index >= 15 is 0 Å². The summed E-state index contributed by atoms with van der Waals surface area (Å²) in [4.78, 5) is 22.9. The molecule has 5 heteroatoms. The lowest BCUT2D eigenvalue weighted by molar-refractivity contribution is -0.111. The van der Waals surface area contributed by atoms with E-state index in [1.165, 1.54) is 18.2 Å². The quantitative estimate of drug-likeness (QED) is 0.830. The van der Waals surface area contributed by atoms with Gasteiger partial charge >= 0.3 is 5.97 Å². The lowest BCUT2D eigenvalue weighted by atomic mass is 10.1. The average molecular weight is 311 g/mol. The number of anilines is 1. The smallest absolute Gasteiger partial charge is 0.335 e. The van der Waals surface area contributed by atoms with Crippen molar-refractivity contribution >= 4 is 23.6 Å². The van der Waals surface area contributed by atoms with Crippen LogP contribution >= 0.6 is 0 Å². The maximum Gasteiger partial charge on any atom is 0.335 e. The Morgan fingerprint density at radius 2 is 1.83 bits per heavy atom. The molecule has 0 aliphatic heterocycles. The van der Waals surface area contributed by atoms with E-state index in [1.807, 2.05) is 12.1 Å². The van der Waals surface area contributed by atoms with Crippen LogP contribution in [0.4, 0.5) is 5.69 Å². The minimum atomic E-state index is -1.03. The third-order valence-corrected chi connectivity index (χ3v) is 3.29. The van der Waals surface area contributed by atoms with Crippen LogP contribution in [0, 0.1) is 6.92 Å². The predicted octanol–water partition coefficient (Wildman–Crippen LogP) is 3.35. The number of aryl methyl sites for hydroxylation is 1. The lowest BCUT2D eigenvalue weighted by Crippen LogP contribution is -2.10. The largest absolute Gasteiger partial charge is 0.497 e. The van der Waals surface area contributed by atoms with Gasteiger partial charge in [-0.1, -0.05) is 18.2 Å². The van der Waals surface area contributed by atoms with Crippen LogP contribution in [0.25, 0.3) is 6.08 Å². The molecular weight excluding hydrogens is 294 g/mol. The molecule has 0 heterocycles. The third kappa shape index (κ3) is 4.44. The molecule has 0 fully saturated rings. The summed E-state index contributed by atoms with van der Waals surface area (Å²) >= 11 is 0. The second-order valence-corrected chi connectivity index (χ2v) is 4.93. The van der Waals surface area contributed by atoms with Gasteiger partial charge in [0.1, 0.15) is 5.75 Å². The van der Waals surface area contributed by atoms with Gasteiger partial charge in [-0.25, -0.2) is 4.79 Å². The van der Waals surface area contributed by atoms with Crippen LogP contribution in [0.15, 0.2) is 48.5 Å². The molecule has 0 aliphatic carbocycles. The number of methoxy groups -OCH3 is 1. The fourth-order valence-corrected chi connectivity index (χ4v) is 1.95. The van der Waals surface area contributed by atoms with Gasteiger partial charge in [0.05, 0.1) is 12.7 Å². The van der Waals surface area contributed by atoms with Gasteiger partial charge in [-0.2, -0.15) is 0 Å². The minimum absolute atomic E-state index is 0.130. The summed E-state index contributed by atoms with van der Waals surface area (Å²) in [5.41, 5.74) is 2.26. The van der Waals surface area contributed by atoms with E-state index in [4.69, 9.17) is 9.84 Å². The van der Waals surface area contributed by atoms with Crippen LogP contribution in [0.5, 0.6) is 5.75 Å². The molecule has 0 atom stereocenters. The molecule has 0 aromatic heterocycles. The van der Waals surface area contributed by atoms with Crippen LogP contribution < -0.4 is 10.1 Å². The zero-order valence-corrected chi connectivity index (χ0v) is 12.9. The summed E-state index contributed by atoms with van der Waals surface area (Å²) in [5.74, 6) is -0.617. The van der Waals surface area contributed by atoms with Crippen molar-refractivity contribution < 1.29 is 19.4 Å². The Morgan fingerprint density at radius 1 is 1.13 bits per heavy atom. The maximum atomic E-state index is 12.0. The zero-order chi connectivity index (χ0) is 16.8. The number of carbonyl (C=O) groups is 2. The Kier molecular flexibility index (Phi) is 5.15. The molecule has 0 radical (unpaired) electrons. The molecule has 2 N–H and O–H groups in total. The second-order valence-electron chi connectivity index (χ2n) is 4.93. The Hall–Kier alpha value is -3.08. The van der Waals surface area contributed by atoms with E-state index in [0.29, 0.717) is 5.69 Å². The van der Waals surface area contributed by atoms with Crippen LogP contribution in [-0.2, 0) is 4.79 Å². The fourth-order valence-electron chi connectivity index (χ4n) is 1.95. The number of rotatable bonds is 5. The molecule has 2 rings (SSSR count). The molecule has 0 saturated carbocycles. The van der Waals surface area contributed by atoms with Crippen molar-refractivity contribution in [2.24, 2.45) is 0 Å². The van der Waals surface area contributed by atoms with Gasteiger partial charge in [0.25, 0.3) is 0 Å². The monoisotopic (exact) mass is 311 g/mol. The summed E-state index contributed by atoms with van der Waals surface area (Å²) in [5, 5.41) is 11.7. The first-order valence-corrected chi connectivity index (χ1v) is 6.96. The number of carboxylic acid groups (broad SMARTS) is 1. The van der Waals surface area contributed by atoms with E-state index in [9.17, 15) is 9.59 Å². The summed E-state index contributed by atoms with van der Waals surface area (Å²) in [7, 11) is 1.59. The summed E-state index contributed by atoms with van der Waals surface area (Å²) in [6, 6.07) is 11.9. The second kappa shape index (κ2) is 7.26. The van der Waals surface area contributed by atoms with Gasteiger partial charge in [0, 0.05) is 11.8 Å². The molecule has 5 nitrogen and oxygen atoms in total. The first-order chi connectivity index (χ1) is 11.0. The van der Waals surface area contributed by atoms with E-state index in [-0.39, 0.29) is 11.5 Å². The van der Waals surface area contributed by atoms with Crippen LogP contribution in [0.3, 0.4) is 0 Å². The highest BCUT2D eigenvalue weighted by Crippen LogP contribution is 2.17. The highest BCUT2D eigenvalue weighted by molar-refractivity contribution is 6.03. The standard InChI is InChI=1S/C18H17NO4/c1-12-3-7-14(18(21)22)11-16(12)19-17(20)10-6-13-4-8-15(23-2)9-5-13/h3-11H,1-2H3,(H,19,20)(H,21,22)/b10-6+. The molecule has 0 aliphatic rings. The molecule has 118 valence electrons. The van der Waals surface area contributed by atoms with Crippen LogP contribution in [0.1, 0.15) is 21.5 Å². The van der Waals surface area contributed by atoms with E-state index < -0.39 is 5.97 Å². The molecule has 0 saturated heterocycles. The highest BCUT2D eigenvalue weighted by atomic mass is 16.5. The van der Waals surface area contributed by atoms with E-state index in [0.717, 1.165) is 16.9 Å². The Balaban J connectivity index is 2.08. The molecule has 1 amide bonds. The van der Waals surface area contributed by atoms with Crippen molar-refractivity contribution in [3.63, 3.8) is 0 Å². The topological polar surface area (TPSA) is 75.6 Å². The van der Waals surface area contributed by atoms with Crippen molar-refractivity contribution in [2.45, 2.75) is 6.92 Å². The van der Waals surface area contributed by atoms with Crippen LogP contribution in [-0.4, -0.2) is 24.1 Å². The molecule has 0 unspecified atom stereocenters. The van der Waals surface area contributed by atoms with Crippen molar-refractivity contribution in [3.8, 4) is 5.75 Å². The highest BCUT2D eigenvalue weighted by Gasteiger charge is 2.07. The Bertz CT molecular complexity index is 748. The van der Waals surface area contributed by atoms with Gasteiger partial charge < -0.3 is 15.2 Å². The number of benzene rings is 2. The Labute approximate surface area is 134 Å². The number of nitrogens with one attached hydrogen (secondary N) is 1. The first kappa shape index (κ1) is 16.3. The zero-order valence-electron chi connectivity index (χ0n) is 12.9. The summed E-state index contributed by atoms with van der Waals surface area (Å²) in [6.07, 6.45) is 3.07. The molecule has 2 aromatic rings. The van der Waals surface area contributed by atoms with Gasteiger partial charge in [0.2, 0.25) is 5.91 Å². The summed E-state index contributed by atoms with van der Waals surface area (Å²) < 4.78 is 5.07. The number of hydrogen-bond acceptors (Lipinski definition) is 3. The molecule has 2 aromatic carbocycles. The molecule has 0 spiro atoms. The van der Waals surface area contributed by atoms with Crippen molar-refractivity contribution in [1.82, 2.24) is 0 Å². The Morgan fingerprint density at radius 3 is 2.43 bits per heavy atom. The SMILES string of the molecule is COc1ccc(/C=C/C(=O)Nc2cc(C(=O)O)ccc2C)cc1. The number of aromatic carboxylic acids is 1. The first-order valence-electron chi connectivity index (χ1n) is 6.96. The maximum absolute atomic E-state index is 12.0. The molecular formula is C18H17NO4. The fraction of sp³-hybridized carbons (Fsp3) is 0.111. The molecule has 23 heavy (non-hydrogen) atoms. The number of amides is 1. The number of carboxylic acids is 1. The van der Waals surface area contributed by atoms with Crippen LogP contribution in [0.2, 0.25) is 0 Å². The predicted molar refractivity (Wildman–Crippen MR) is 88.8 cm³/mol.